The van der Waals surface area contributed by atoms with Crippen LogP contribution in [0.4, 0.5) is 0 Å². The van der Waals surface area contributed by atoms with Gasteiger partial charge >= 0.3 is 0 Å². The lowest BCUT2D eigenvalue weighted by atomic mass is 10.3. The molecular formula is C14H30N2S2. The molecule has 1 rings (SSSR count). The van der Waals surface area contributed by atoms with Crippen LogP contribution in [0, 0.1) is 0 Å². The molecule has 0 aromatic rings. The van der Waals surface area contributed by atoms with Gasteiger partial charge in [-0.05, 0) is 24.3 Å². The highest BCUT2D eigenvalue weighted by Crippen LogP contribution is 2.08. The normalized spacial score (nSPS) is 18.3. The van der Waals surface area contributed by atoms with Crippen LogP contribution < -0.4 is 0 Å². The molecule has 18 heavy (non-hydrogen) atoms. The van der Waals surface area contributed by atoms with Gasteiger partial charge in [-0.2, -0.15) is 23.5 Å². The Morgan fingerprint density at radius 3 is 1.39 bits per heavy atom. The first-order valence-corrected chi connectivity index (χ1v) is 9.78. The SMILES string of the molecule is CCCSCCN1CCN(CCSCCC)CC1. The molecule has 0 aliphatic carbocycles. The van der Waals surface area contributed by atoms with E-state index in [4.69, 9.17) is 0 Å². The standard InChI is InChI=1S/C14H30N2S2/c1-3-11-17-13-9-15-5-7-16(8-6-15)10-14-18-12-4-2/h3-14H2,1-2H3. The van der Waals surface area contributed by atoms with Gasteiger partial charge in [-0.25, -0.2) is 0 Å². The second-order valence-electron chi connectivity index (χ2n) is 4.91. The highest BCUT2D eigenvalue weighted by Gasteiger charge is 2.15. The van der Waals surface area contributed by atoms with Crippen molar-refractivity contribution in [2.45, 2.75) is 26.7 Å². The molecule has 0 radical (unpaired) electrons. The average molecular weight is 291 g/mol. The van der Waals surface area contributed by atoms with E-state index in [2.05, 4.69) is 47.2 Å². The Hall–Kier alpha value is 0.620. The summed E-state index contributed by atoms with van der Waals surface area (Å²) >= 11 is 4.22. The Morgan fingerprint density at radius 1 is 0.667 bits per heavy atom. The first kappa shape index (κ1) is 16.7. The second kappa shape index (κ2) is 11.4. The first-order chi connectivity index (χ1) is 8.86. The zero-order valence-corrected chi connectivity index (χ0v) is 13.8. The molecule has 1 saturated heterocycles. The summed E-state index contributed by atoms with van der Waals surface area (Å²) in [5.74, 6) is 5.30. The summed E-state index contributed by atoms with van der Waals surface area (Å²) in [5, 5.41) is 0. The van der Waals surface area contributed by atoms with Crippen LogP contribution in [-0.4, -0.2) is 72.1 Å². The van der Waals surface area contributed by atoms with Crippen LogP contribution in [0.2, 0.25) is 0 Å². The lowest BCUT2D eigenvalue weighted by Gasteiger charge is -2.34. The van der Waals surface area contributed by atoms with Crippen molar-refractivity contribution in [1.82, 2.24) is 9.80 Å². The Morgan fingerprint density at radius 2 is 1.06 bits per heavy atom. The van der Waals surface area contributed by atoms with E-state index in [-0.39, 0.29) is 0 Å². The van der Waals surface area contributed by atoms with Gasteiger partial charge in [0.2, 0.25) is 0 Å². The monoisotopic (exact) mass is 290 g/mol. The summed E-state index contributed by atoms with van der Waals surface area (Å²) in [5.41, 5.74) is 0. The largest absolute Gasteiger partial charge is 0.300 e. The van der Waals surface area contributed by atoms with Gasteiger partial charge in [0.15, 0.2) is 0 Å². The zero-order valence-electron chi connectivity index (χ0n) is 12.2. The van der Waals surface area contributed by atoms with Crippen LogP contribution in [0.3, 0.4) is 0 Å². The number of rotatable bonds is 10. The number of piperazine rings is 1. The van der Waals surface area contributed by atoms with Crippen LogP contribution in [0.5, 0.6) is 0 Å². The van der Waals surface area contributed by atoms with E-state index in [1.807, 2.05) is 0 Å². The first-order valence-electron chi connectivity index (χ1n) is 7.47. The fourth-order valence-corrected chi connectivity index (χ4v) is 3.88. The molecular weight excluding hydrogens is 260 g/mol. The third-order valence-electron chi connectivity index (χ3n) is 3.27. The zero-order chi connectivity index (χ0) is 13.1. The molecule has 0 spiro atoms. The van der Waals surface area contributed by atoms with Crippen molar-refractivity contribution in [3.63, 3.8) is 0 Å². The molecule has 2 nitrogen and oxygen atoms in total. The van der Waals surface area contributed by atoms with Gasteiger partial charge in [-0.15, -0.1) is 0 Å². The van der Waals surface area contributed by atoms with E-state index in [9.17, 15) is 0 Å². The van der Waals surface area contributed by atoms with Crippen molar-refractivity contribution >= 4 is 23.5 Å². The molecule has 1 fully saturated rings. The maximum Gasteiger partial charge on any atom is 0.0110 e. The third-order valence-corrected chi connectivity index (χ3v) is 5.60. The Kier molecular flexibility index (Phi) is 10.6. The van der Waals surface area contributed by atoms with Gasteiger partial charge in [-0.1, -0.05) is 13.8 Å². The van der Waals surface area contributed by atoms with E-state index in [1.165, 1.54) is 75.1 Å². The number of nitrogens with zero attached hydrogens (tertiary/aromatic N) is 2. The molecule has 1 heterocycles. The van der Waals surface area contributed by atoms with Crippen molar-refractivity contribution in [1.29, 1.82) is 0 Å². The Labute approximate surface area is 122 Å². The second-order valence-corrected chi connectivity index (χ2v) is 7.36. The van der Waals surface area contributed by atoms with Gasteiger partial charge in [0.05, 0.1) is 0 Å². The molecule has 0 aromatic carbocycles. The predicted octanol–water partition coefficient (Wildman–Crippen LogP) is 2.89. The molecule has 0 N–H and O–H groups in total. The van der Waals surface area contributed by atoms with E-state index in [0.717, 1.165) is 0 Å². The number of hydrogen-bond donors (Lipinski definition) is 0. The van der Waals surface area contributed by atoms with Gasteiger partial charge < -0.3 is 0 Å². The molecule has 0 aromatic heterocycles. The molecule has 0 saturated carbocycles. The van der Waals surface area contributed by atoms with Crippen molar-refractivity contribution < 1.29 is 0 Å². The molecule has 0 amide bonds. The summed E-state index contributed by atoms with van der Waals surface area (Å²) in [4.78, 5) is 5.27. The Bertz CT molecular complexity index is 163. The van der Waals surface area contributed by atoms with Gasteiger partial charge in [0.1, 0.15) is 0 Å². The van der Waals surface area contributed by atoms with Crippen LogP contribution in [0.15, 0.2) is 0 Å². The minimum Gasteiger partial charge on any atom is -0.300 e. The quantitative estimate of drug-likeness (QED) is 0.571. The molecule has 0 bridgehead atoms. The lowest BCUT2D eigenvalue weighted by molar-refractivity contribution is 0.144. The van der Waals surface area contributed by atoms with Crippen LogP contribution in [-0.2, 0) is 0 Å². The van der Waals surface area contributed by atoms with E-state index in [0.29, 0.717) is 0 Å². The average Bonchev–Trinajstić information content (AvgIpc) is 2.41. The molecule has 0 unspecified atom stereocenters. The molecule has 1 aliphatic heterocycles. The third kappa shape index (κ3) is 7.93. The highest BCUT2D eigenvalue weighted by atomic mass is 32.2. The minimum absolute atomic E-state index is 1.28. The van der Waals surface area contributed by atoms with Crippen LogP contribution >= 0.6 is 23.5 Å². The van der Waals surface area contributed by atoms with Crippen LogP contribution in [0.25, 0.3) is 0 Å². The van der Waals surface area contributed by atoms with Crippen molar-refractivity contribution in [3.05, 3.63) is 0 Å². The topological polar surface area (TPSA) is 6.48 Å². The molecule has 0 atom stereocenters. The van der Waals surface area contributed by atoms with Crippen molar-refractivity contribution in [3.8, 4) is 0 Å². The van der Waals surface area contributed by atoms with Gasteiger partial charge in [0, 0.05) is 50.8 Å². The van der Waals surface area contributed by atoms with Crippen molar-refractivity contribution in [2.24, 2.45) is 0 Å². The minimum atomic E-state index is 1.28. The Balaban J connectivity index is 1.95. The molecule has 108 valence electrons. The van der Waals surface area contributed by atoms with Crippen LogP contribution in [0.1, 0.15) is 26.7 Å². The maximum atomic E-state index is 2.64. The van der Waals surface area contributed by atoms with Crippen molar-refractivity contribution in [2.75, 3.05) is 62.3 Å². The van der Waals surface area contributed by atoms with E-state index >= 15 is 0 Å². The highest BCUT2D eigenvalue weighted by molar-refractivity contribution is 7.99. The summed E-state index contributed by atoms with van der Waals surface area (Å²) in [6, 6.07) is 0. The maximum absolute atomic E-state index is 2.64. The smallest absolute Gasteiger partial charge is 0.0110 e. The molecule has 4 heteroatoms. The number of hydrogen-bond acceptors (Lipinski definition) is 4. The number of thioether (sulfide) groups is 2. The fraction of sp³-hybridized carbons (Fsp3) is 1.00. The molecule has 1 aliphatic rings. The lowest BCUT2D eigenvalue weighted by Crippen LogP contribution is -2.47. The summed E-state index contributed by atoms with van der Waals surface area (Å²) in [6.45, 7) is 12.3. The van der Waals surface area contributed by atoms with E-state index in [1.54, 1.807) is 0 Å². The predicted molar refractivity (Wildman–Crippen MR) is 88.1 cm³/mol. The van der Waals surface area contributed by atoms with Gasteiger partial charge in [0.25, 0.3) is 0 Å². The summed E-state index contributed by atoms with van der Waals surface area (Å²) < 4.78 is 0. The summed E-state index contributed by atoms with van der Waals surface area (Å²) in [6.07, 6.45) is 2.63. The van der Waals surface area contributed by atoms with E-state index < -0.39 is 0 Å². The van der Waals surface area contributed by atoms with Gasteiger partial charge in [-0.3, -0.25) is 9.80 Å². The fourth-order valence-electron chi connectivity index (χ4n) is 2.12. The summed E-state index contributed by atoms with van der Waals surface area (Å²) in [7, 11) is 0.